The lowest BCUT2D eigenvalue weighted by atomic mass is 9.75. The molecule has 0 bridgehead atoms. The summed E-state index contributed by atoms with van der Waals surface area (Å²) in [5.74, 6) is 0.802. The van der Waals surface area contributed by atoms with Crippen LogP contribution in [0.2, 0.25) is 0 Å². The number of nitro benzene ring substituents is 1. The van der Waals surface area contributed by atoms with Crippen molar-refractivity contribution in [3.05, 3.63) is 52.3 Å². The summed E-state index contributed by atoms with van der Waals surface area (Å²) >= 11 is 0. The number of carbonyl (C=O) groups is 2. The second kappa shape index (κ2) is 8.69. The first-order valence-electron chi connectivity index (χ1n) is 10.3. The molecule has 1 aromatic heterocycles. The van der Waals surface area contributed by atoms with E-state index in [-0.39, 0.29) is 24.0 Å². The molecular formula is C22H24N2O6. The summed E-state index contributed by atoms with van der Waals surface area (Å²) in [6, 6.07) is 8.88. The predicted octanol–water partition coefficient (Wildman–Crippen LogP) is 4.05. The topological polar surface area (TPSA) is 103 Å². The van der Waals surface area contributed by atoms with Crippen molar-refractivity contribution in [1.29, 1.82) is 0 Å². The first kappa shape index (κ1) is 20.1. The number of esters is 1. The Kier molecular flexibility index (Phi) is 5.83. The van der Waals surface area contributed by atoms with Gasteiger partial charge in [0.15, 0.2) is 6.61 Å². The number of carbonyl (C=O) groups excluding carboxylic acids is 2. The maximum absolute atomic E-state index is 12.5. The van der Waals surface area contributed by atoms with Crippen LogP contribution in [0, 0.1) is 22.0 Å². The van der Waals surface area contributed by atoms with Gasteiger partial charge in [0.05, 0.1) is 4.92 Å². The summed E-state index contributed by atoms with van der Waals surface area (Å²) in [5, 5.41) is 10.7. The summed E-state index contributed by atoms with van der Waals surface area (Å²) in [6.45, 7) is 1.18. The molecule has 158 valence electrons. The maximum Gasteiger partial charge on any atom is 0.374 e. The standard InChI is InChI=1S/C22H24N2O6/c25-21(23-12-11-15-3-1-2-4-17(15)13-23)14-29-22(26)20-10-9-19(30-20)16-5-7-18(8-6-16)24(27)28/h5-10,15,17H,1-4,11-14H2/t15-,17+/m1/s1. The molecule has 0 N–H and O–H groups in total. The van der Waals surface area contributed by atoms with Gasteiger partial charge in [-0.25, -0.2) is 4.79 Å². The van der Waals surface area contributed by atoms with Crippen LogP contribution in [0.25, 0.3) is 11.3 Å². The SMILES string of the molecule is O=C(OCC(=O)N1CC[C@H]2CCCC[C@H]2C1)c1ccc(-c2ccc([N+](=O)[O-])cc2)o1. The molecule has 2 heterocycles. The Bertz CT molecular complexity index is 935. The lowest BCUT2D eigenvalue weighted by Gasteiger charge is -2.41. The molecule has 2 fully saturated rings. The number of non-ortho nitro benzene ring substituents is 1. The fourth-order valence-electron chi connectivity index (χ4n) is 4.47. The highest BCUT2D eigenvalue weighted by Gasteiger charge is 2.33. The summed E-state index contributed by atoms with van der Waals surface area (Å²) in [7, 11) is 0. The molecule has 2 aromatic rings. The van der Waals surface area contributed by atoms with Crippen molar-refractivity contribution in [2.75, 3.05) is 19.7 Å². The average molecular weight is 412 g/mol. The summed E-state index contributed by atoms with van der Waals surface area (Å²) in [4.78, 5) is 36.8. The van der Waals surface area contributed by atoms with E-state index in [1.54, 1.807) is 18.2 Å². The van der Waals surface area contributed by atoms with E-state index < -0.39 is 10.9 Å². The van der Waals surface area contributed by atoms with Gasteiger partial charge in [-0.05, 0) is 48.9 Å². The van der Waals surface area contributed by atoms with Gasteiger partial charge in [-0.3, -0.25) is 14.9 Å². The van der Waals surface area contributed by atoms with Crippen molar-refractivity contribution >= 4 is 17.6 Å². The third-order valence-corrected chi connectivity index (χ3v) is 6.14. The molecule has 1 aliphatic heterocycles. The van der Waals surface area contributed by atoms with Crippen molar-refractivity contribution in [2.45, 2.75) is 32.1 Å². The van der Waals surface area contributed by atoms with Crippen molar-refractivity contribution in [3.63, 3.8) is 0 Å². The Labute approximate surface area is 173 Å². The second-order valence-electron chi connectivity index (χ2n) is 7.98. The number of fused-ring (bicyclic) bond motifs is 1. The van der Waals surface area contributed by atoms with Gasteiger partial charge in [0, 0.05) is 30.8 Å². The van der Waals surface area contributed by atoms with Gasteiger partial charge >= 0.3 is 5.97 Å². The van der Waals surface area contributed by atoms with Crippen LogP contribution in [-0.2, 0) is 9.53 Å². The molecule has 1 amide bonds. The van der Waals surface area contributed by atoms with Crippen LogP contribution < -0.4 is 0 Å². The Balaban J connectivity index is 1.31. The van der Waals surface area contributed by atoms with Gasteiger partial charge in [-0.1, -0.05) is 19.3 Å². The van der Waals surface area contributed by atoms with Crippen LogP contribution >= 0.6 is 0 Å². The van der Waals surface area contributed by atoms with Crippen molar-refractivity contribution < 1.29 is 23.7 Å². The molecule has 0 radical (unpaired) electrons. The maximum atomic E-state index is 12.5. The van der Waals surface area contributed by atoms with Gasteiger partial charge in [0.2, 0.25) is 5.76 Å². The average Bonchev–Trinajstić information content (AvgIpc) is 3.27. The number of hydrogen-bond acceptors (Lipinski definition) is 6. The van der Waals surface area contributed by atoms with Crippen LogP contribution in [0.4, 0.5) is 5.69 Å². The number of rotatable bonds is 5. The number of hydrogen-bond donors (Lipinski definition) is 0. The molecule has 1 aliphatic carbocycles. The van der Waals surface area contributed by atoms with E-state index in [2.05, 4.69) is 0 Å². The minimum atomic E-state index is -0.705. The van der Waals surface area contributed by atoms with E-state index in [0.717, 1.165) is 25.4 Å². The summed E-state index contributed by atoms with van der Waals surface area (Å²) in [5.41, 5.74) is 0.576. The Morgan fingerprint density at radius 1 is 1.07 bits per heavy atom. The van der Waals surface area contributed by atoms with Gasteiger partial charge in [-0.15, -0.1) is 0 Å². The number of furan rings is 1. The highest BCUT2D eigenvalue weighted by molar-refractivity contribution is 5.89. The molecule has 0 unspecified atom stereocenters. The molecule has 2 atom stereocenters. The van der Waals surface area contributed by atoms with Gasteiger partial charge in [0.1, 0.15) is 5.76 Å². The van der Waals surface area contributed by atoms with E-state index in [9.17, 15) is 19.7 Å². The lowest BCUT2D eigenvalue weighted by Crippen LogP contribution is -2.46. The lowest BCUT2D eigenvalue weighted by molar-refractivity contribution is -0.384. The zero-order valence-corrected chi connectivity index (χ0v) is 16.6. The second-order valence-corrected chi connectivity index (χ2v) is 7.98. The Hall–Kier alpha value is -3.16. The first-order chi connectivity index (χ1) is 14.5. The molecule has 0 spiro atoms. The van der Waals surface area contributed by atoms with Crippen molar-refractivity contribution in [3.8, 4) is 11.3 Å². The number of nitro groups is 1. The van der Waals surface area contributed by atoms with E-state index >= 15 is 0 Å². The van der Waals surface area contributed by atoms with Crippen molar-refractivity contribution in [2.24, 2.45) is 11.8 Å². The number of ether oxygens (including phenoxy) is 1. The smallest absolute Gasteiger partial charge is 0.374 e. The Morgan fingerprint density at radius 2 is 1.80 bits per heavy atom. The molecule has 8 nitrogen and oxygen atoms in total. The summed E-state index contributed by atoms with van der Waals surface area (Å²) in [6.07, 6.45) is 5.98. The number of likely N-dealkylation sites (tertiary alicyclic amines) is 1. The van der Waals surface area contributed by atoms with Gasteiger partial charge in [-0.2, -0.15) is 0 Å². The van der Waals surface area contributed by atoms with E-state index in [1.807, 2.05) is 4.90 Å². The van der Waals surface area contributed by atoms with Gasteiger partial charge in [0.25, 0.3) is 11.6 Å². The fraction of sp³-hybridized carbons (Fsp3) is 0.455. The van der Waals surface area contributed by atoms with E-state index in [0.29, 0.717) is 17.2 Å². The molecule has 8 heteroatoms. The van der Waals surface area contributed by atoms with Crippen LogP contribution in [0.5, 0.6) is 0 Å². The minimum absolute atomic E-state index is 0.0119. The quantitative estimate of drug-likeness (QED) is 0.417. The van der Waals surface area contributed by atoms with Crippen LogP contribution in [0.1, 0.15) is 42.7 Å². The molecule has 4 rings (SSSR count). The molecule has 1 saturated heterocycles. The highest BCUT2D eigenvalue weighted by atomic mass is 16.6. The zero-order chi connectivity index (χ0) is 21.1. The van der Waals surface area contributed by atoms with E-state index in [4.69, 9.17) is 9.15 Å². The van der Waals surface area contributed by atoms with Gasteiger partial charge < -0.3 is 14.1 Å². The van der Waals surface area contributed by atoms with Crippen LogP contribution in [0.15, 0.2) is 40.8 Å². The molecule has 2 aliphatic rings. The summed E-state index contributed by atoms with van der Waals surface area (Å²) < 4.78 is 10.7. The molecular weight excluding hydrogens is 388 g/mol. The van der Waals surface area contributed by atoms with Crippen LogP contribution in [-0.4, -0.2) is 41.4 Å². The Morgan fingerprint density at radius 3 is 2.53 bits per heavy atom. The number of amides is 1. The fourth-order valence-corrected chi connectivity index (χ4v) is 4.47. The number of benzene rings is 1. The third kappa shape index (κ3) is 4.37. The van der Waals surface area contributed by atoms with Crippen LogP contribution in [0.3, 0.4) is 0 Å². The zero-order valence-electron chi connectivity index (χ0n) is 16.6. The minimum Gasteiger partial charge on any atom is -0.450 e. The van der Waals surface area contributed by atoms with Crippen molar-refractivity contribution in [1.82, 2.24) is 4.90 Å². The number of piperidine rings is 1. The number of nitrogens with zero attached hydrogens (tertiary/aromatic N) is 2. The highest BCUT2D eigenvalue weighted by Crippen LogP contribution is 2.36. The predicted molar refractivity (Wildman–Crippen MR) is 108 cm³/mol. The third-order valence-electron chi connectivity index (χ3n) is 6.14. The normalized spacial score (nSPS) is 21.0. The largest absolute Gasteiger partial charge is 0.450 e. The first-order valence-corrected chi connectivity index (χ1v) is 10.3. The molecule has 1 saturated carbocycles. The molecule has 1 aromatic carbocycles. The monoisotopic (exact) mass is 412 g/mol. The van der Waals surface area contributed by atoms with E-state index in [1.165, 1.54) is 43.9 Å². The molecule has 30 heavy (non-hydrogen) atoms.